The van der Waals surface area contributed by atoms with Crippen molar-refractivity contribution in [3.8, 4) is 0 Å². The Hall–Kier alpha value is -2.11. The summed E-state index contributed by atoms with van der Waals surface area (Å²) in [5.74, 6) is -0.465. The number of nitrogens with one attached hydrogen (secondary N) is 1. The standard InChI is InChI=1S/C16H22FN3O2/c17-14-8-2-1-5-12(14)6-3-9-19-15(21)13-7-4-10-20(11-13)16(18)22/h1-2,5,8,13H,3-4,6-7,9-11H2,(H2,18,22)(H,19,21)/t13-/m0/s1. The lowest BCUT2D eigenvalue weighted by Gasteiger charge is -2.30. The van der Waals surface area contributed by atoms with Crippen LogP contribution in [-0.2, 0) is 11.2 Å². The van der Waals surface area contributed by atoms with E-state index < -0.39 is 6.03 Å². The van der Waals surface area contributed by atoms with Crippen molar-refractivity contribution in [3.05, 3.63) is 35.6 Å². The number of amides is 3. The molecule has 3 amide bonds. The van der Waals surface area contributed by atoms with E-state index >= 15 is 0 Å². The lowest BCUT2D eigenvalue weighted by Crippen LogP contribution is -2.47. The summed E-state index contributed by atoms with van der Waals surface area (Å²) in [7, 11) is 0. The van der Waals surface area contributed by atoms with Crippen LogP contribution < -0.4 is 11.1 Å². The molecule has 0 unspecified atom stereocenters. The van der Waals surface area contributed by atoms with Gasteiger partial charge in [0.15, 0.2) is 0 Å². The summed E-state index contributed by atoms with van der Waals surface area (Å²) in [6.45, 7) is 1.50. The minimum absolute atomic E-state index is 0.0560. The molecule has 120 valence electrons. The number of carbonyl (C=O) groups is 2. The summed E-state index contributed by atoms with van der Waals surface area (Å²) in [6, 6.07) is 6.18. The highest BCUT2D eigenvalue weighted by Crippen LogP contribution is 2.16. The molecule has 3 N–H and O–H groups in total. The van der Waals surface area contributed by atoms with E-state index in [1.54, 1.807) is 18.2 Å². The van der Waals surface area contributed by atoms with Gasteiger partial charge in [0.25, 0.3) is 0 Å². The van der Waals surface area contributed by atoms with Gasteiger partial charge < -0.3 is 16.0 Å². The highest BCUT2D eigenvalue weighted by atomic mass is 19.1. The quantitative estimate of drug-likeness (QED) is 0.812. The van der Waals surface area contributed by atoms with Gasteiger partial charge in [-0.05, 0) is 37.3 Å². The Bertz CT molecular complexity index is 536. The molecule has 1 saturated heterocycles. The highest BCUT2D eigenvalue weighted by Gasteiger charge is 2.26. The number of likely N-dealkylation sites (tertiary alicyclic amines) is 1. The Kier molecular flexibility index (Phi) is 5.75. The third-order valence-corrected chi connectivity index (χ3v) is 3.98. The maximum Gasteiger partial charge on any atom is 0.314 e. The first-order valence-electron chi connectivity index (χ1n) is 7.63. The fourth-order valence-electron chi connectivity index (χ4n) is 2.73. The third kappa shape index (κ3) is 4.44. The predicted molar refractivity (Wildman–Crippen MR) is 81.6 cm³/mol. The van der Waals surface area contributed by atoms with Crippen LogP contribution in [0.2, 0.25) is 0 Å². The molecule has 0 saturated carbocycles. The monoisotopic (exact) mass is 307 g/mol. The van der Waals surface area contributed by atoms with Crippen LogP contribution in [0.25, 0.3) is 0 Å². The number of nitrogens with zero attached hydrogens (tertiary/aromatic N) is 1. The molecule has 1 aromatic rings. The summed E-state index contributed by atoms with van der Waals surface area (Å²) < 4.78 is 13.4. The molecule has 0 radical (unpaired) electrons. The van der Waals surface area contributed by atoms with Crippen molar-refractivity contribution in [2.45, 2.75) is 25.7 Å². The van der Waals surface area contributed by atoms with Crippen molar-refractivity contribution < 1.29 is 14.0 Å². The van der Waals surface area contributed by atoms with Gasteiger partial charge in [-0.1, -0.05) is 18.2 Å². The molecular weight excluding hydrogens is 285 g/mol. The molecule has 1 aliphatic rings. The van der Waals surface area contributed by atoms with Crippen molar-refractivity contribution in [1.29, 1.82) is 0 Å². The first kappa shape index (κ1) is 16.3. The van der Waals surface area contributed by atoms with Crippen LogP contribution in [0.1, 0.15) is 24.8 Å². The molecule has 1 aromatic carbocycles. The molecule has 1 heterocycles. The number of piperidine rings is 1. The van der Waals surface area contributed by atoms with Crippen molar-refractivity contribution in [2.75, 3.05) is 19.6 Å². The van der Waals surface area contributed by atoms with Crippen LogP contribution >= 0.6 is 0 Å². The zero-order chi connectivity index (χ0) is 15.9. The number of carbonyl (C=O) groups excluding carboxylic acids is 2. The Morgan fingerprint density at radius 1 is 1.36 bits per heavy atom. The SMILES string of the molecule is NC(=O)N1CCC[C@H](C(=O)NCCCc2ccccc2F)C1. The fourth-order valence-corrected chi connectivity index (χ4v) is 2.73. The van der Waals surface area contributed by atoms with Gasteiger partial charge in [-0.3, -0.25) is 4.79 Å². The minimum atomic E-state index is -0.475. The lowest BCUT2D eigenvalue weighted by molar-refractivity contribution is -0.126. The van der Waals surface area contributed by atoms with E-state index in [2.05, 4.69) is 5.32 Å². The van der Waals surface area contributed by atoms with Crippen molar-refractivity contribution >= 4 is 11.9 Å². The number of halogens is 1. The molecule has 1 aliphatic heterocycles. The Morgan fingerprint density at radius 2 is 2.14 bits per heavy atom. The second-order valence-corrected chi connectivity index (χ2v) is 5.61. The Labute approximate surface area is 129 Å². The molecule has 2 rings (SSSR count). The van der Waals surface area contributed by atoms with Crippen molar-refractivity contribution in [3.63, 3.8) is 0 Å². The average Bonchev–Trinajstić information content (AvgIpc) is 2.53. The van der Waals surface area contributed by atoms with Gasteiger partial charge in [0.2, 0.25) is 5.91 Å². The minimum Gasteiger partial charge on any atom is -0.356 e. The molecule has 0 bridgehead atoms. The number of nitrogens with two attached hydrogens (primary N) is 1. The number of hydrogen-bond donors (Lipinski definition) is 2. The second-order valence-electron chi connectivity index (χ2n) is 5.61. The van der Waals surface area contributed by atoms with Crippen LogP contribution in [0.4, 0.5) is 9.18 Å². The van der Waals surface area contributed by atoms with Gasteiger partial charge in [-0.15, -0.1) is 0 Å². The summed E-state index contributed by atoms with van der Waals surface area (Å²) >= 11 is 0. The fraction of sp³-hybridized carbons (Fsp3) is 0.500. The van der Waals surface area contributed by atoms with Crippen molar-refractivity contribution in [1.82, 2.24) is 10.2 Å². The number of urea groups is 1. The number of hydrogen-bond acceptors (Lipinski definition) is 2. The number of benzene rings is 1. The number of rotatable bonds is 5. The van der Waals surface area contributed by atoms with E-state index in [0.717, 1.165) is 12.8 Å². The smallest absolute Gasteiger partial charge is 0.314 e. The second kappa shape index (κ2) is 7.77. The van der Waals surface area contributed by atoms with E-state index in [-0.39, 0.29) is 17.6 Å². The summed E-state index contributed by atoms with van der Waals surface area (Å²) in [5, 5.41) is 2.86. The lowest BCUT2D eigenvalue weighted by atomic mass is 9.97. The van der Waals surface area contributed by atoms with Crippen LogP contribution in [0.15, 0.2) is 24.3 Å². The molecule has 6 heteroatoms. The van der Waals surface area contributed by atoms with E-state index in [1.807, 2.05) is 0 Å². The highest BCUT2D eigenvalue weighted by molar-refractivity contribution is 5.80. The molecule has 5 nitrogen and oxygen atoms in total. The van der Waals surface area contributed by atoms with Gasteiger partial charge in [-0.25, -0.2) is 9.18 Å². The Morgan fingerprint density at radius 3 is 2.86 bits per heavy atom. The summed E-state index contributed by atoms with van der Waals surface area (Å²) in [5.41, 5.74) is 5.91. The summed E-state index contributed by atoms with van der Waals surface area (Å²) in [6.07, 6.45) is 2.82. The molecule has 0 spiro atoms. The number of primary amides is 1. The first-order chi connectivity index (χ1) is 10.6. The van der Waals surface area contributed by atoms with Gasteiger partial charge >= 0.3 is 6.03 Å². The van der Waals surface area contributed by atoms with Crippen molar-refractivity contribution in [2.24, 2.45) is 11.7 Å². The molecule has 22 heavy (non-hydrogen) atoms. The van der Waals surface area contributed by atoms with Crippen LogP contribution in [0.5, 0.6) is 0 Å². The Balaban J connectivity index is 1.71. The molecule has 0 aliphatic carbocycles. The molecular formula is C16H22FN3O2. The van der Waals surface area contributed by atoms with E-state index in [0.29, 0.717) is 38.0 Å². The summed E-state index contributed by atoms with van der Waals surface area (Å²) in [4.78, 5) is 24.7. The predicted octanol–water partition coefficient (Wildman–Crippen LogP) is 1.67. The van der Waals surface area contributed by atoms with Gasteiger partial charge in [0.1, 0.15) is 5.82 Å². The average molecular weight is 307 g/mol. The molecule has 1 fully saturated rings. The van der Waals surface area contributed by atoms with E-state index in [1.165, 1.54) is 11.0 Å². The zero-order valence-corrected chi connectivity index (χ0v) is 12.6. The van der Waals surface area contributed by atoms with Crippen LogP contribution in [0, 0.1) is 11.7 Å². The zero-order valence-electron chi connectivity index (χ0n) is 12.6. The van der Waals surface area contributed by atoms with Crippen LogP contribution in [0.3, 0.4) is 0 Å². The van der Waals surface area contributed by atoms with Gasteiger partial charge in [0.05, 0.1) is 5.92 Å². The molecule has 0 aromatic heterocycles. The van der Waals surface area contributed by atoms with Crippen LogP contribution in [-0.4, -0.2) is 36.5 Å². The normalized spacial score (nSPS) is 18.0. The van der Waals surface area contributed by atoms with E-state index in [4.69, 9.17) is 5.73 Å². The first-order valence-corrected chi connectivity index (χ1v) is 7.63. The maximum atomic E-state index is 13.4. The van der Waals surface area contributed by atoms with Gasteiger partial charge in [0, 0.05) is 19.6 Å². The third-order valence-electron chi connectivity index (χ3n) is 3.98. The van der Waals surface area contributed by atoms with Gasteiger partial charge in [-0.2, -0.15) is 0 Å². The molecule has 1 atom stereocenters. The largest absolute Gasteiger partial charge is 0.356 e. The van der Waals surface area contributed by atoms with E-state index in [9.17, 15) is 14.0 Å². The maximum absolute atomic E-state index is 13.4. The topological polar surface area (TPSA) is 75.4 Å². The number of aryl methyl sites for hydroxylation is 1.